The molecular formula is C26H22BrNO2. The van der Waals surface area contributed by atoms with Crippen LogP contribution < -0.4 is 9.64 Å². The lowest BCUT2D eigenvalue weighted by molar-refractivity contribution is -0.113. The van der Waals surface area contributed by atoms with Crippen LogP contribution in [0.3, 0.4) is 0 Å². The molecule has 4 rings (SSSR count). The van der Waals surface area contributed by atoms with E-state index in [4.69, 9.17) is 4.74 Å². The minimum atomic E-state index is -0.0488. The average molecular weight is 460 g/mol. The number of ether oxygens (including phenoxy) is 1. The van der Waals surface area contributed by atoms with Crippen molar-refractivity contribution in [3.63, 3.8) is 0 Å². The SMILES string of the molecule is CCOc1ccc(/C=C2\C=C(c3ccccc3)N(c3ccc(C)cc3Br)C2=O)cc1. The van der Waals surface area contributed by atoms with Crippen LogP contribution in [-0.4, -0.2) is 12.5 Å². The predicted octanol–water partition coefficient (Wildman–Crippen LogP) is 6.63. The Morgan fingerprint density at radius 2 is 1.73 bits per heavy atom. The Kier molecular flexibility index (Phi) is 5.86. The Morgan fingerprint density at radius 1 is 1.00 bits per heavy atom. The number of halogens is 1. The predicted molar refractivity (Wildman–Crippen MR) is 126 cm³/mol. The van der Waals surface area contributed by atoms with Gasteiger partial charge in [-0.05, 0) is 82.9 Å². The second kappa shape index (κ2) is 8.72. The first-order chi connectivity index (χ1) is 14.6. The molecule has 0 radical (unpaired) electrons. The fourth-order valence-corrected chi connectivity index (χ4v) is 4.15. The summed E-state index contributed by atoms with van der Waals surface area (Å²) in [6.45, 7) is 4.62. The van der Waals surface area contributed by atoms with Gasteiger partial charge in [-0.2, -0.15) is 0 Å². The quantitative estimate of drug-likeness (QED) is 0.400. The summed E-state index contributed by atoms with van der Waals surface area (Å²) >= 11 is 3.64. The van der Waals surface area contributed by atoms with Crippen LogP contribution in [0.25, 0.3) is 11.8 Å². The molecule has 3 nitrogen and oxygen atoms in total. The molecule has 0 N–H and O–H groups in total. The van der Waals surface area contributed by atoms with Crippen molar-refractivity contribution in [2.45, 2.75) is 13.8 Å². The summed E-state index contributed by atoms with van der Waals surface area (Å²) in [5.74, 6) is 0.774. The van der Waals surface area contributed by atoms with E-state index in [1.54, 1.807) is 4.90 Å². The molecule has 1 amide bonds. The van der Waals surface area contributed by atoms with Gasteiger partial charge in [-0.25, -0.2) is 0 Å². The van der Waals surface area contributed by atoms with Gasteiger partial charge in [0.1, 0.15) is 5.75 Å². The normalized spacial score (nSPS) is 14.9. The van der Waals surface area contributed by atoms with E-state index >= 15 is 0 Å². The number of carbonyl (C=O) groups is 1. The molecule has 0 aromatic heterocycles. The molecule has 1 heterocycles. The van der Waals surface area contributed by atoms with Gasteiger partial charge in [0.15, 0.2) is 0 Å². The third-order valence-electron chi connectivity index (χ3n) is 4.91. The second-order valence-electron chi connectivity index (χ2n) is 7.09. The van der Waals surface area contributed by atoms with Crippen molar-refractivity contribution in [3.8, 4) is 5.75 Å². The van der Waals surface area contributed by atoms with Crippen molar-refractivity contribution in [2.24, 2.45) is 0 Å². The minimum Gasteiger partial charge on any atom is -0.494 e. The van der Waals surface area contributed by atoms with Gasteiger partial charge in [-0.15, -0.1) is 0 Å². The number of rotatable bonds is 5. The molecule has 150 valence electrons. The van der Waals surface area contributed by atoms with Gasteiger partial charge < -0.3 is 4.74 Å². The zero-order valence-electron chi connectivity index (χ0n) is 16.9. The van der Waals surface area contributed by atoms with Crippen LogP contribution in [0.4, 0.5) is 5.69 Å². The van der Waals surface area contributed by atoms with Crippen molar-refractivity contribution < 1.29 is 9.53 Å². The van der Waals surface area contributed by atoms with Crippen molar-refractivity contribution >= 4 is 39.3 Å². The van der Waals surface area contributed by atoms with E-state index in [1.807, 2.05) is 98.8 Å². The summed E-state index contributed by atoms with van der Waals surface area (Å²) in [4.78, 5) is 15.2. The lowest BCUT2D eigenvalue weighted by Crippen LogP contribution is -2.25. The van der Waals surface area contributed by atoms with Gasteiger partial charge in [0, 0.05) is 10.0 Å². The highest BCUT2D eigenvalue weighted by Gasteiger charge is 2.31. The molecule has 0 saturated carbocycles. The molecule has 0 aliphatic carbocycles. The first kappa shape index (κ1) is 20.2. The van der Waals surface area contributed by atoms with Crippen LogP contribution in [0.1, 0.15) is 23.6 Å². The highest BCUT2D eigenvalue weighted by atomic mass is 79.9. The zero-order chi connectivity index (χ0) is 21.1. The molecule has 30 heavy (non-hydrogen) atoms. The Balaban J connectivity index is 1.77. The van der Waals surface area contributed by atoms with Gasteiger partial charge in [0.05, 0.1) is 18.0 Å². The highest BCUT2D eigenvalue weighted by Crippen LogP contribution is 2.39. The van der Waals surface area contributed by atoms with Crippen LogP contribution in [0.15, 0.2) is 88.9 Å². The molecule has 0 atom stereocenters. The van der Waals surface area contributed by atoms with E-state index in [0.29, 0.717) is 12.2 Å². The van der Waals surface area contributed by atoms with E-state index < -0.39 is 0 Å². The summed E-state index contributed by atoms with van der Waals surface area (Å²) in [6, 6.07) is 23.8. The number of anilines is 1. The summed E-state index contributed by atoms with van der Waals surface area (Å²) in [6.07, 6.45) is 3.88. The number of nitrogens with zero attached hydrogens (tertiary/aromatic N) is 1. The third-order valence-corrected chi connectivity index (χ3v) is 5.55. The lowest BCUT2D eigenvalue weighted by atomic mass is 10.1. The summed E-state index contributed by atoms with van der Waals surface area (Å²) in [7, 11) is 0. The zero-order valence-corrected chi connectivity index (χ0v) is 18.5. The molecule has 3 aromatic carbocycles. The van der Waals surface area contributed by atoms with E-state index in [-0.39, 0.29) is 5.91 Å². The van der Waals surface area contributed by atoms with Gasteiger partial charge in [-0.3, -0.25) is 9.69 Å². The topological polar surface area (TPSA) is 29.5 Å². The highest BCUT2D eigenvalue weighted by molar-refractivity contribution is 9.10. The van der Waals surface area contributed by atoms with Crippen LogP contribution >= 0.6 is 15.9 Å². The smallest absolute Gasteiger partial charge is 0.262 e. The molecule has 0 spiro atoms. The maximum atomic E-state index is 13.5. The number of carbonyl (C=O) groups excluding carboxylic acids is 1. The van der Waals surface area contributed by atoms with Crippen LogP contribution in [0.2, 0.25) is 0 Å². The molecule has 0 bridgehead atoms. The molecule has 1 aliphatic rings. The number of hydrogen-bond donors (Lipinski definition) is 0. The lowest BCUT2D eigenvalue weighted by Gasteiger charge is -2.22. The number of hydrogen-bond acceptors (Lipinski definition) is 2. The molecule has 1 aliphatic heterocycles. The maximum absolute atomic E-state index is 13.5. The van der Waals surface area contributed by atoms with Gasteiger partial charge >= 0.3 is 0 Å². The average Bonchev–Trinajstić information content (AvgIpc) is 3.06. The summed E-state index contributed by atoms with van der Waals surface area (Å²) in [5, 5.41) is 0. The first-order valence-corrected chi connectivity index (χ1v) is 10.7. The monoisotopic (exact) mass is 459 g/mol. The van der Waals surface area contributed by atoms with Crippen molar-refractivity contribution in [1.29, 1.82) is 0 Å². The Bertz CT molecular complexity index is 1130. The van der Waals surface area contributed by atoms with E-state index in [1.165, 1.54) is 0 Å². The van der Waals surface area contributed by atoms with Crippen molar-refractivity contribution in [2.75, 3.05) is 11.5 Å². The standard InChI is InChI=1S/C26H22BrNO2/c1-3-30-22-12-10-19(11-13-22)16-21-17-25(20-7-5-4-6-8-20)28(26(21)29)24-14-9-18(2)15-23(24)27/h4-17H,3H2,1-2H3/b21-16+. The number of benzene rings is 3. The maximum Gasteiger partial charge on any atom is 0.262 e. The second-order valence-corrected chi connectivity index (χ2v) is 7.95. The van der Waals surface area contributed by atoms with Crippen LogP contribution in [0.5, 0.6) is 5.75 Å². The Morgan fingerprint density at radius 3 is 2.40 bits per heavy atom. The van der Waals surface area contributed by atoms with Crippen LogP contribution in [-0.2, 0) is 4.79 Å². The summed E-state index contributed by atoms with van der Waals surface area (Å²) < 4.78 is 6.40. The van der Waals surface area contributed by atoms with Crippen molar-refractivity contribution in [1.82, 2.24) is 0 Å². The molecule has 0 fully saturated rings. The molecule has 0 saturated heterocycles. The summed E-state index contributed by atoms with van der Waals surface area (Å²) in [5.41, 5.74) is 5.42. The van der Waals surface area contributed by atoms with Gasteiger partial charge in [0.25, 0.3) is 5.91 Å². The first-order valence-electron chi connectivity index (χ1n) is 9.89. The Hall–Kier alpha value is -3.11. The van der Waals surface area contributed by atoms with E-state index in [0.717, 1.165) is 38.3 Å². The Labute approximate surface area is 185 Å². The van der Waals surface area contributed by atoms with Gasteiger partial charge in [-0.1, -0.05) is 48.5 Å². The molecule has 3 aromatic rings. The number of aryl methyl sites for hydroxylation is 1. The minimum absolute atomic E-state index is 0.0488. The fourth-order valence-electron chi connectivity index (χ4n) is 3.48. The van der Waals surface area contributed by atoms with E-state index in [9.17, 15) is 4.79 Å². The number of amides is 1. The molecular weight excluding hydrogens is 438 g/mol. The van der Waals surface area contributed by atoms with Crippen LogP contribution in [0, 0.1) is 6.92 Å². The molecule has 4 heteroatoms. The fraction of sp³-hybridized carbons (Fsp3) is 0.115. The van der Waals surface area contributed by atoms with Gasteiger partial charge in [0.2, 0.25) is 0 Å². The van der Waals surface area contributed by atoms with Crippen molar-refractivity contribution in [3.05, 3.63) is 106 Å². The van der Waals surface area contributed by atoms with E-state index in [2.05, 4.69) is 15.9 Å². The third kappa shape index (κ3) is 4.10. The largest absolute Gasteiger partial charge is 0.494 e. The molecule has 0 unspecified atom stereocenters.